The molecular weight excluding hydrogens is 264 g/mol. The van der Waals surface area contributed by atoms with Gasteiger partial charge in [-0.25, -0.2) is 0 Å². The number of carbonyl (C=O) groups excluding carboxylic acids is 1. The highest BCUT2D eigenvalue weighted by molar-refractivity contribution is 5.90. The third-order valence-electron chi connectivity index (χ3n) is 3.60. The van der Waals surface area contributed by atoms with E-state index in [4.69, 9.17) is 4.74 Å². The first-order valence-corrected chi connectivity index (χ1v) is 7.52. The minimum Gasteiger partial charge on any atom is -0.489 e. The molecule has 1 aromatic rings. The average molecular weight is 288 g/mol. The number of unbranched alkanes of at least 4 members (excludes halogenated alkanes) is 1. The van der Waals surface area contributed by atoms with Gasteiger partial charge in [0.1, 0.15) is 12.4 Å². The van der Waals surface area contributed by atoms with E-state index in [0.717, 1.165) is 42.0 Å². The van der Waals surface area contributed by atoms with Crippen molar-refractivity contribution in [2.24, 2.45) is 0 Å². The summed E-state index contributed by atoms with van der Waals surface area (Å²) < 4.78 is 5.69. The van der Waals surface area contributed by atoms with Crippen LogP contribution >= 0.6 is 0 Å². The second-order valence-electron chi connectivity index (χ2n) is 5.50. The summed E-state index contributed by atoms with van der Waals surface area (Å²) in [6.07, 6.45) is 4.53. The molecule has 1 heterocycles. The van der Waals surface area contributed by atoms with Crippen LogP contribution < -0.4 is 15.0 Å². The standard InChI is InChI=1S/C17H24N2O2/c1-4-5-9-18-17(20)11-13-8-10-21-16-12-14(19(2)3)6-7-15(13)16/h6-8,12H,4-5,9-11H2,1-3H3,(H,18,20). The lowest BCUT2D eigenvalue weighted by Crippen LogP contribution is -2.24. The number of nitrogens with zero attached hydrogens (tertiary/aromatic N) is 1. The normalized spacial score (nSPS) is 13.0. The second kappa shape index (κ2) is 7.16. The van der Waals surface area contributed by atoms with Gasteiger partial charge in [-0.15, -0.1) is 0 Å². The van der Waals surface area contributed by atoms with E-state index in [1.807, 2.05) is 37.2 Å². The molecule has 0 spiro atoms. The van der Waals surface area contributed by atoms with Crippen LogP contribution in [0.1, 0.15) is 31.7 Å². The zero-order chi connectivity index (χ0) is 15.2. The number of amides is 1. The Morgan fingerprint density at radius 2 is 2.19 bits per heavy atom. The quantitative estimate of drug-likeness (QED) is 0.818. The number of anilines is 1. The average Bonchev–Trinajstić information content (AvgIpc) is 2.47. The molecule has 0 saturated carbocycles. The number of hydrogen-bond acceptors (Lipinski definition) is 3. The number of ether oxygens (including phenoxy) is 1. The van der Waals surface area contributed by atoms with Crippen molar-refractivity contribution in [3.8, 4) is 5.75 Å². The van der Waals surface area contributed by atoms with Crippen LogP contribution in [0, 0.1) is 0 Å². The van der Waals surface area contributed by atoms with Gasteiger partial charge < -0.3 is 15.0 Å². The summed E-state index contributed by atoms with van der Waals surface area (Å²) in [7, 11) is 4.00. The molecule has 0 aliphatic carbocycles. The first-order valence-electron chi connectivity index (χ1n) is 7.52. The Hall–Kier alpha value is -1.97. The number of fused-ring (bicyclic) bond motifs is 1. The number of nitrogens with one attached hydrogen (secondary N) is 1. The van der Waals surface area contributed by atoms with Crippen LogP contribution in [0.25, 0.3) is 5.57 Å². The molecule has 0 bridgehead atoms. The van der Waals surface area contributed by atoms with Gasteiger partial charge in [-0.1, -0.05) is 13.3 Å². The van der Waals surface area contributed by atoms with E-state index in [1.54, 1.807) is 0 Å². The van der Waals surface area contributed by atoms with E-state index in [1.165, 1.54) is 0 Å². The molecule has 2 rings (SSSR count). The molecule has 0 fully saturated rings. The topological polar surface area (TPSA) is 41.6 Å². The van der Waals surface area contributed by atoms with Gasteiger partial charge in [0, 0.05) is 38.0 Å². The molecular formula is C17H24N2O2. The molecule has 0 saturated heterocycles. The SMILES string of the molecule is CCCCNC(=O)CC1=CCOc2cc(N(C)C)ccc21. The Balaban J connectivity index is 2.06. The molecule has 21 heavy (non-hydrogen) atoms. The van der Waals surface area contributed by atoms with Crippen molar-refractivity contribution in [2.75, 3.05) is 32.1 Å². The highest BCUT2D eigenvalue weighted by Gasteiger charge is 2.17. The maximum absolute atomic E-state index is 12.0. The highest BCUT2D eigenvalue weighted by atomic mass is 16.5. The molecule has 114 valence electrons. The van der Waals surface area contributed by atoms with Crippen LogP contribution in [-0.4, -0.2) is 33.2 Å². The Labute approximate surface area is 126 Å². The first-order chi connectivity index (χ1) is 10.1. The van der Waals surface area contributed by atoms with Gasteiger partial charge >= 0.3 is 0 Å². The molecule has 1 aliphatic heterocycles. The van der Waals surface area contributed by atoms with E-state index in [9.17, 15) is 4.79 Å². The van der Waals surface area contributed by atoms with Crippen molar-refractivity contribution in [1.29, 1.82) is 0 Å². The van der Waals surface area contributed by atoms with Gasteiger partial charge in [-0.3, -0.25) is 4.79 Å². The Bertz CT molecular complexity index is 536. The summed E-state index contributed by atoms with van der Waals surface area (Å²) in [5.74, 6) is 0.944. The largest absolute Gasteiger partial charge is 0.489 e. The minimum atomic E-state index is 0.0826. The van der Waals surface area contributed by atoms with Gasteiger partial charge in [0.05, 0.1) is 6.42 Å². The van der Waals surface area contributed by atoms with Gasteiger partial charge in [0.25, 0.3) is 0 Å². The van der Waals surface area contributed by atoms with Crippen molar-refractivity contribution in [3.63, 3.8) is 0 Å². The summed E-state index contributed by atoms with van der Waals surface area (Å²) >= 11 is 0. The lowest BCUT2D eigenvalue weighted by molar-refractivity contribution is -0.120. The molecule has 1 aliphatic rings. The molecule has 1 aromatic carbocycles. The van der Waals surface area contributed by atoms with E-state index in [2.05, 4.69) is 18.3 Å². The fourth-order valence-electron chi connectivity index (χ4n) is 2.32. The maximum Gasteiger partial charge on any atom is 0.224 e. The lowest BCUT2D eigenvalue weighted by Gasteiger charge is -2.21. The van der Waals surface area contributed by atoms with Crippen molar-refractivity contribution < 1.29 is 9.53 Å². The number of rotatable bonds is 6. The third kappa shape index (κ3) is 4.00. The molecule has 4 heteroatoms. The fraction of sp³-hybridized carbons (Fsp3) is 0.471. The molecule has 0 atom stereocenters. The number of benzene rings is 1. The monoisotopic (exact) mass is 288 g/mol. The Morgan fingerprint density at radius 3 is 2.90 bits per heavy atom. The molecule has 0 radical (unpaired) electrons. The van der Waals surface area contributed by atoms with Gasteiger partial charge in [0.15, 0.2) is 0 Å². The van der Waals surface area contributed by atoms with E-state index < -0.39 is 0 Å². The van der Waals surface area contributed by atoms with Crippen molar-refractivity contribution >= 4 is 17.2 Å². The molecule has 1 N–H and O–H groups in total. The Morgan fingerprint density at radius 1 is 1.38 bits per heavy atom. The predicted octanol–water partition coefficient (Wildman–Crippen LogP) is 2.83. The molecule has 1 amide bonds. The zero-order valence-electron chi connectivity index (χ0n) is 13.1. The Kier molecular flexibility index (Phi) is 5.26. The first kappa shape index (κ1) is 15.4. The molecule has 4 nitrogen and oxygen atoms in total. The second-order valence-corrected chi connectivity index (χ2v) is 5.50. The van der Waals surface area contributed by atoms with E-state index in [0.29, 0.717) is 13.0 Å². The van der Waals surface area contributed by atoms with Crippen LogP contribution in [-0.2, 0) is 4.79 Å². The van der Waals surface area contributed by atoms with Crippen LogP contribution in [0.4, 0.5) is 5.69 Å². The summed E-state index contributed by atoms with van der Waals surface area (Å²) in [5, 5.41) is 2.96. The smallest absolute Gasteiger partial charge is 0.224 e. The van der Waals surface area contributed by atoms with E-state index in [-0.39, 0.29) is 5.91 Å². The van der Waals surface area contributed by atoms with Gasteiger partial charge in [-0.2, -0.15) is 0 Å². The van der Waals surface area contributed by atoms with Crippen LogP contribution in [0.5, 0.6) is 5.75 Å². The van der Waals surface area contributed by atoms with Crippen molar-refractivity contribution in [1.82, 2.24) is 5.32 Å². The van der Waals surface area contributed by atoms with Crippen LogP contribution in [0.2, 0.25) is 0 Å². The van der Waals surface area contributed by atoms with Crippen molar-refractivity contribution in [2.45, 2.75) is 26.2 Å². The lowest BCUT2D eigenvalue weighted by atomic mass is 9.98. The summed E-state index contributed by atoms with van der Waals surface area (Å²) in [4.78, 5) is 14.0. The number of hydrogen-bond donors (Lipinski definition) is 1. The summed E-state index contributed by atoms with van der Waals surface area (Å²) in [6.45, 7) is 3.40. The van der Waals surface area contributed by atoms with E-state index >= 15 is 0 Å². The number of carbonyl (C=O) groups is 1. The van der Waals surface area contributed by atoms with Crippen LogP contribution in [0.3, 0.4) is 0 Å². The molecule has 0 aromatic heterocycles. The zero-order valence-corrected chi connectivity index (χ0v) is 13.1. The summed E-state index contributed by atoms with van der Waals surface area (Å²) in [5.41, 5.74) is 3.18. The van der Waals surface area contributed by atoms with Crippen molar-refractivity contribution in [3.05, 3.63) is 29.8 Å². The predicted molar refractivity (Wildman–Crippen MR) is 86.8 cm³/mol. The minimum absolute atomic E-state index is 0.0826. The van der Waals surface area contributed by atoms with Gasteiger partial charge in [0.2, 0.25) is 5.91 Å². The fourth-order valence-corrected chi connectivity index (χ4v) is 2.32. The van der Waals surface area contributed by atoms with Gasteiger partial charge in [-0.05, 0) is 30.2 Å². The molecule has 0 unspecified atom stereocenters. The summed E-state index contributed by atoms with van der Waals surface area (Å²) in [6, 6.07) is 6.11. The highest BCUT2D eigenvalue weighted by Crippen LogP contribution is 2.34. The maximum atomic E-state index is 12.0. The van der Waals surface area contributed by atoms with Crippen LogP contribution in [0.15, 0.2) is 24.3 Å². The third-order valence-corrected chi connectivity index (χ3v) is 3.60.